The van der Waals surface area contributed by atoms with Gasteiger partial charge in [-0.25, -0.2) is 0 Å². The van der Waals surface area contributed by atoms with E-state index in [0.29, 0.717) is 5.92 Å². The Hall–Kier alpha value is -0.620. The van der Waals surface area contributed by atoms with Gasteiger partial charge in [-0.3, -0.25) is 11.3 Å². The molecule has 18 heavy (non-hydrogen) atoms. The summed E-state index contributed by atoms with van der Waals surface area (Å²) in [4.78, 5) is 0. The first-order chi connectivity index (χ1) is 8.76. The number of hydrazine groups is 1. The van der Waals surface area contributed by atoms with Crippen LogP contribution in [0.5, 0.6) is 5.75 Å². The van der Waals surface area contributed by atoms with E-state index in [-0.39, 0.29) is 6.04 Å². The van der Waals surface area contributed by atoms with Gasteiger partial charge in [-0.15, -0.1) is 0 Å². The molecule has 2 atom stereocenters. The standard InChI is InChI=1S/C13H19BrN2O2/c1-17-12-7-10(14)4-5-11(12)13(16-15)9-3-2-6-18-8-9/h4-5,7,9,13,16H,2-3,6,8,15H2,1H3. The number of rotatable bonds is 4. The number of halogens is 1. The average molecular weight is 315 g/mol. The lowest BCUT2D eigenvalue weighted by molar-refractivity contribution is 0.0386. The Morgan fingerprint density at radius 2 is 2.39 bits per heavy atom. The SMILES string of the molecule is COc1cc(Br)ccc1C(NN)C1CCCOC1. The zero-order valence-corrected chi connectivity index (χ0v) is 12.1. The van der Waals surface area contributed by atoms with Gasteiger partial charge in [0.1, 0.15) is 5.75 Å². The van der Waals surface area contributed by atoms with Crippen molar-refractivity contribution in [2.24, 2.45) is 11.8 Å². The Labute approximate surface area is 116 Å². The van der Waals surface area contributed by atoms with Crippen LogP contribution in [0.2, 0.25) is 0 Å². The molecule has 1 aliphatic heterocycles. The Balaban J connectivity index is 2.25. The van der Waals surface area contributed by atoms with Crippen LogP contribution in [0, 0.1) is 5.92 Å². The highest BCUT2D eigenvalue weighted by molar-refractivity contribution is 9.10. The Morgan fingerprint density at radius 3 is 3.00 bits per heavy atom. The second-order valence-electron chi connectivity index (χ2n) is 4.51. The molecule has 0 aromatic heterocycles. The number of ether oxygens (including phenoxy) is 2. The van der Waals surface area contributed by atoms with E-state index in [1.807, 2.05) is 18.2 Å². The van der Waals surface area contributed by atoms with Crippen molar-refractivity contribution in [3.8, 4) is 5.75 Å². The summed E-state index contributed by atoms with van der Waals surface area (Å²) in [6.07, 6.45) is 2.20. The second kappa shape index (κ2) is 6.52. The fourth-order valence-electron chi connectivity index (χ4n) is 2.45. The molecule has 1 saturated heterocycles. The van der Waals surface area contributed by atoms with Gasteiger partial charge in [0.05, 0.1) is 19.8 Å². The van der Waals surface area contributed by atoms with Crippen molar-refractivity contribution >= 4 is 15.9 Å². The van der Waals surface area contributed by atoms with Gasteiger partial charge in [0, 0.05) is 22.6 Å². The highest BCUT2D eigenvalue weighted by Crippen LogP contribution is 2.35. The lowest BCUT2D eigenvalue weighted by Crippen LogP contribution is -2.37. The molecule has 0 saturated carbocycles. The molecular formula is C13H19BrN2O2. The minimum Gasteiger partial charge on any atom is -0.496 e. The number of nitrogens with one attached hydrogen (secondary N) is 1. The van der Waals surface area contributed by atoms with Gasteiger partial charge in [-0.1, -0.05) is 22.0 Å². The summed E-state index contributed by atoms with van der Waals surface area (Å²) < 4.78 is 12.0. The maximum atomic E-state index is 5.72. The van der Waals surface area contributed by atoms with E-state index in [1.165, 1.54) is 0 Å². The summed E-state index contributed by atoms with van der Waals surface area (Å²) in [7, 11) is 1.68. The van der Waals surface area contributed by atoms with Crippen LogP contribution in [0.4, 0.5) is 0 Å². The number of benzene rings is 1. The Morgan fingerprint density at radius 1 is 1.56 bits per heavy atom. The molecule has 0 bridgehead atoms. The first-order valence-corrected chi connectivity index (χ1v) is 6.93. The first-order valence-electron chi connectivity index (χ1n) is 6.13. The van der Waals surface area contributed by atoms with Gasteiger partial charge in [0.2, 0.25) is 0 Å². The van der Waals surface area contributed by atoms with Crippen LogP contribution in [0.25, 0.3) is 0 Å². The van der Waals surface area contributed by atoms with Gasteiger partial charge >= 0.3 is 0 Å². The molecular weight excluding hydrogens is 296 g/mol. The van der Waals surface area contributed by atoms with E-state index in [9.17, 15) is 0 Å². The van der Waals surface area contributed by atoms with Crippen molar-refractivity contribution < 1.29 is 9.47 Å². The number of methoxy groups -OCH3 is 1. The van der Waals surface area contributed by atoms with Crippen LogP contribution in [0.1, 0.15) is 24.4 Å². The molecule has 1 aliphatic rings. The predicted molar refractivity (Wildman–Crippen MR) is 74.3 cm³/mol. The fourth-order valence-corrected chi connectivity index (χ4v) is 2.79. The molecule has 0 spiro atoms. The van der Waals surface area contributed by atoms with Crippen molar-refractivity contribution in [1.82, 2.24) is 5.43 Å². The molecule has 0 amide bonds. The third kappa shape index (κ3) is 3.03. The summed E-state index contributed by atoms with van der Waals surface area (Å²) in [6, 6.07) is 6.07. The average Bonchev–Trinajstić information content (AvgIpc) is 2.42. The number of nitrogens with two attached hydrogens (primary N) is 1. The van der Waals surface area contributed by atoms with Crippen LogP contribution in [-0.2, 0) is 4.74 Å². The normalized spacial score (nSPS) is 21.6. The molecule has 1 heterocycles. The second-order valence-corrected chi connectivity index (χ2v) is 5.42. The molecule has 3 N–H and O–H groups in total. The summed E-state index contributed by atoms with van der Waals surface area (Å²) in [6.45, 7) is 1.60. The van der Waals surface area contributed by atoms with Crippen LogP contribution < -0.4 is 16.0 Å². The monoisotopic (exact) mass is 314 g/mol. The van der Waals surface area contributed by atoms with Gasteiger partial charge in [0.25, 0.3) is 0 Å². The third-order valence-corrected chi connectivity index (χ3v) is 3.87. The summed E-state index contributed by atoms with van der Waals surface area (Å²) >= 11 is 3.45. The summed E-state index contributed by atoms with van der Waals surface area (Å²) in [5.41, 5.74) is 3.99. The third-order valence-electron chi connectivity index (χ3n) is 3.38. The van der Waals surface area contributed by atoms with E-state index >= 15 is 0 Å². The molecule has 5 heteroatoms. The smallest absolute Gasteiger partial charge is 0.124 e. The summed E-state index contributed by atoms with van der Waals surface area (Å²) in [5, 5.41) is 0. The van der Waals surface area contributed by atoms with E-state index in [4.69, 9.17) is 15.3 Å². The number of hydrogen-bond donors (Lipinski definition) is 2. The minimum absolute atomic E-state index is 0.0633. The van der Waals surface area contributed by atoms with Gasteiger partial charge in [0.15, 0.2) is 0 Å². The maximum absolute atomic E-state index is 5.72. The zero-order chi connectivity index (χ0) is 13.0. The van der Waals surface area contributed by atoms with Crippen LogP contribution in [0.15, 0.2) is 22.7 Å². The van der Waals surface area contributed by atoms with Crippen LogP contribution in [0.3, 0.4) is 0 Å². The van der Waals surface area contributed by atoms with E-state index < -0.39 is 0 Å². The van der Waals surface area contributed by atoms with Crippen LogP contribution >= 0.6 is 15.9 Å². The van der Waals surface area contributed by atoms with Crippen molar-refractivity contribution in [3.05, 3.63) is 28.2 Å². The van der Waals surface area contributed by atoms with Crippen molar-refractivity contribution in [2.45, 2.75) is 18.9 Å². The molecule has 4 nitrogen and oxygen atoms in total. The highest BCUT2D eigenvalue weighted by Gasteiger charge is 2.27. The van der Waals surface area contributed by atoms with E-state index in [2.05, 4.69) is 21.4 Å². The molecule has 1 aromatic carbocycles. The fraction of sp³-hybridized carbons (Fsp3) is 0.538. The molecule has 2 unspecified atom stereocenters. The van der Waals surface area contributed by atoms with Gasteiger partial charge in [-0.05, 0) is 25.0 Å². The molecule has 1 aromatic rings. The molecule has 2 rings (SSSR count). The molecule has 0 aliphatic carbocycles. The molecule has 100 valence electrons. The summed E-state index contributed by atoms with van der Waals surface area (Å²) in [5.74, 6) is 6.96. The van der Waals surface area contributed by atoms with E-state index in [0.717, 1.165) is 41.8 Å². The first kappa shape index (κ1) is 13.8. The Kier molecular flexibility index (Phi) is 5.00. The topological polar surface area (TPSA) is 56.5 Å². The minimum atomic E-state index is 0.0633. The lowest BCUT2D eigenvalue weighted by atomic mass is 9.88. The number of hydrogen-bond acceptors (Lipinski definition) is 4. The van der Waals surface area contributed by atoms with Gasteiger partial charge in [-0.2, -0.15) is 0 Å². The zero-order valence-electron chi connectivity index (χ0n) is 10.5. The van der Waals surface area contributed by atoms with Crippen molar-refractivity contribution in [2.75, 3.05) is 20.3 Å². The highest BCUT2D eigenvalue weighted by atomic mass is 79.9. The van der Waals surface area contributed by atoms with Crippen molar-refractivity contribution in [3.63, 3.8) is 0 Å². The quantitative estimate of drug-likeness (QED) is 0.662. The molecule has 1 fully saturated rings. The maximum Gasteiger partial charge on any atom is 0.124 e. The van der Waals surface area contributed by atoms with Gasteiger partial charge < -0.3 is 9.47 Å². The largest absolute Gasteiger partial charge is 0.496 e. The predicted octanol–water partition coefficient (Wildman–Crippen LogP) is 2.39. The van der Waals surface area contributed by atoms with E-state index in [1.54, 1.807) is 7.11 Å². The molecule has 0 radical (unpaired) electrons. The Bertz CT molecular complexity index is 395. The van der Waals surface area contributed by atoms with Crippen LogP contribution in [-0.4, -0.2) is 20.3 Å². The lowest BCUT2D eigenvalue weighted by Gasteiger charge is -2.30. The van der Waals surface area contributed by atoms with Crippen molar-refractivity contribution in [1.29, 1.82) is 0 Å².